The van der Waals surface area contributed by atoms with E-state index in [0.717, 1.165) is 17.5 Å². The largest absolute Gasteiger partial charge is 0.352 e. The van der Waals surface area contributed by atoms with Crippen molar-refractivity contribution < 1.29 is 9.59 Å². The minimum Gasteiger partial charge on any atom is -0.352 e. The third-order valence-corrected chi connectivity index (χ3v) is 5.19. The molecule has 28 heavy (non-hydrogen) atoms. The highest BCUT2D eigenvalue weighted by Gasteiger charge is 2.19. The van der Waals surface area contributed by atoms with E-state index in [2.05, 4.69) is 62.6 Å². The van der Waals surface area contributed by atoms with Gasteiger partial charge >= 0.3 is 0 Å². The van der Waals surface area contributed by atoms with Crippen LogP contribution in [-0.2, 0) is 11.3 Å². The summed E-state index contributed by atoms with van der Waals surface area (Å²) in [7, 11) is 0. The van der Waals surface area contributed by atoms with Crippen molar-refractivity contribution in [3.05, 3.63) is 70.8 Å². The van der Waals surface area contributed by atoms with E-state index in [4.69, 9.17) is 0 Å². The predicted octanol–water partition coefficient (Wildman–Crippen LogP) is 4.96. The molecule has 0 aliphatic rings. The first-order valence-electron chi connectivity index (χ1n) is 10.1. The Kier molecular flexibility index (Phi) is 7.80. The second-order valence-electron chi connectivity index (χ2n) is 7.78. The van der Waals surface area contributed by atoms with Crippen LogP contribution in [-0.4, -0.2) is 11.8 Å². The fourth-order valence-corrected chi connectivity index (χ4v) is 3.13. The van der Waals surface area contributed by atoms with Crippen LogP contribution in [0.3, 0.4) is 0 Å². The molecular weight excluding hydrogens is 348 g/mol. The molecule has 0 radical (unpaired) electrons. The first-order valence-corrected chi connectivity index (χ1v) is 10.1. The number of carbonyl (C=O) groups excluding carboxylic acids is 2. The summed E-state index contributed by atoms with van der Waals surface area (Å²) in [5.41, 5.74) is 4.04. The average Bonchev–Trinajstić information content (AvgIpc) is 2.70. The molecule has 0 fully saturated rings. The van der Waals surface area contributed by atoms with Gasteiger partial charge in [-0.2, -0.15) is 0 Å². The monoisotopic (exact) mass is 380 g/mol. The summed E-state index contributed by atoms with van der Waals surface area (Å²) in [5, 5.41) is 5.93. The van der Waals surface area contributed by atoms with Gasteiger partial charge in [0.1, 0.15) is 0 Å². The van der Waals surface area contributed by atoms with Crippen molar-refractivity contribution in [3.63, 3.8) is 0 Å². The Morgan fingerprint density at radius 3 is 1.96 bits per heavy atom. The summed E-state index contributed by atoms with van der Waals surface area (Å²) in [6, 6.07) is 15.9. The number of benzene rings is 2. The Morgan fingerprint density at radius 1 is 0.893 bits per heavy atom. The van der Waals surface area contributed by atoms with Crippen LogP contribution in [0.15, 0.2) is 48.5 Å². The SMILES string of the molecule is CCC(C)c1ccc(C(NC(=O)c2ccc(CNC(C)=O)cc2)C(C)C)cc1. The van der Waals surface area contributed by atoms with Crippen LogP contribution >= 0.6 is 0 Å². The first-order chi connectivity index (χ1) is 13.3. The number of hydrogen-bond acceptors (Lipinski definition) is 2. The molecule has 2 atom stereocenters. The van der Waals surface area contributed by atoms with Gasteiger partial charge in [-0.25, -0.2) is 0 Å². The molecule has 2 rings (SSSR count). The zero-order chi connectivity index (χ0) is 20.7. The van der Waals surface area contributed by atoms with Gasteiger partial charge in [0, 0.05) is 19.0 Å². The number of nitrogens with one attached hydrogen (secondary N) is 2. The zero-order valence-corrected chi connectivity index (χ0v) is 17.6. The number of carbonyl (C=O) groups is 2. The number of hydrogen-bond donors (Lipinski definition) is 2. The van der Waals surface area contributed by atoms with E-state index in [1.807, 2.05) is 12.1 Å². The summed E-state index contributed by atoms with van der Waals surface area (Å²) < 4.78 is 0. The van der Waals surface area contributed by atoms with Gasteiger partial charge < -0.3 is 10.6 Å². The second-order valence-corrected chi connectivity index (χ2v) is 7.78. The van der Waals surface area contributed by atoms with Crippen LogP contribution < -0.4 is 10.6 Å². The van der Waals surface area contributed by atoms with E-state index in [9.17, 15) is 9.59 Å². The molecule has 2 amide bonds. The van der Waals surface area contributed by atoms with Crippen LogP contribution in [0, 0.1) is 5.92 Å². The van der Waals surface area contributed by atoms with Crippen LogP contribution in [0.25, 0.3) is 0 Å². The quantitative estimate of drug-likeness (QED) is 0.680. The molecule has 0 heterocycles. The van der Waals surface area contributed by atoms with Crippen LogP contribution in [0.4, 0.5) is 0 Å². The lowest BCUT2D eigenvalue weighted by atomic mass is 9.92. The van der Waals surface area contributed by atoms with Gasteiger partial charge in [-0.1, -0.05) is 64.1 Å². The molecule has 0 aliphatic heterocycles. The highest BCUT2D eigenvalue weighted by molar-refractivity contribution is 5.94. The van der Waals surface area contributed by atoms with E-state index in [-0.39, 0.29) is 23.8 Å². The van der Waals surface area contributed by atoms with Crippen molar-refractivity contribution in [2.45, 2.75) is 59.5 Å². The molecule has 0 saturated carbocycles. The molecule has 0 aromatic heterocycles. The fourth-order valence-electron chi connectivity index (χ4n) is 3.13. The predicted molar refractivity (Wildman–Crippen MR) is 114 cm³/mol. The van der Waals surface area contributed by atoms with Gasteiger partial charge in [0.2, 0.25) is 5.91 Å². The standard InChI is InChI=1S/C24H32N2O2/c1-6-17(4)20-11-13-21(14-12-20)23(16(2)3)26-24(28)22-9-7-19(8-10-22)15-25-18(5)27/h7-14,16-17,23H,6,15H2,1-5H3,(H,25,27)(H,26,28). The minimum atomic E-state index is -0.0872. The molecule has 4 heteroatoms. The highest BCUT2D eigenvalue weighted by atomic mass is 16.2. The lowest BCUT2D eigenvalue weighted by Gasteiger charge is -2.24. The molecule has 2 aromatic rings. The molecule has 0 saturated heterocycles. The Hall–Kier alpha value is -2.62. The summed E-state index contributed by atoms with van der Waals surface area (Å²) in [6.45, 7) is 10.6. The molecule has 4 nitrogen and oxygen atoms in total. The van der Waals surface area contributed by atoms with Gasteiger partial charge in [0.05, 0.1) is 6.04 Å². The average molecular weight is 381 g/mol. The van der Waals surface area contributed by atoms with Gasteiger partial charge in [0.15, 0.2) is 0 Å². The third kappa shape index (κ3) is 5.95. The topological polar surface area (TPSA) is 58.2 Å². The van der Waals surface area contributed by atoms with E-state index in [1.165, 1.54) is 12.5 Å². The maximum atomic E-state index is 12.8. The first kappa shape index (κ1) is 21.7. The van der Waals surface area contributed by atoms with Gasteiger partial charge in [-0.15, -0.1) is 0 Å². The van der Waals surface area contributed by atoms with Crippen molar-refractivity contribution in [2.24, 2.45) is 5.92 Å². The van der Waals surface area contributed by atoms with E-state index < -0.39 is 0 Å². The van der Waals surface area contributed by atoms with Crippen molar-refractivity contribution in [1.29, 1.82) is 0 Å². The van der Waals surface area contributed by atoms with Crippen molar-refractivity contribution in [1.82, 2.24) is 10.6 Å². The normalized spacial score (nSPS) is 13.1. The number of rotatable bonds is 8. The maximum absolute atomic E-state index is 12.8. The van der Waals surface area contributed by atoms with E-state index in [1.54, 1.807) is 12.1 Å². The summed E-state index contributed by atoms with van der Waals surface area (Å²) in [6.07, 6.45) is 1.11. The van der Waals surface area contributed by atoms with Gasteiger partial charge in [0.25, 0.3) is 5.91 Å². The molecular formula is C24H32N2O2. The Morgan fingerprint density at radius 2 is 1.46 bits per heavy atom. The minimum absolute atomic E-state index is 0.0439. The zero-order valence-electron chi connectivity index (χ0n) is 17.6. The fraction of sp³-hybridized carbons (Fsp3) is 0.417. The molecule has 2 N–H and O–H groups in total. The summed E-state index contributed by atoms with van der Waals surface area (Å²) >= 11 is 0. The molecule has 0 spiro atoms. The third-order valence-electron chi connectivity index (χ3n) is 5.19. The summed E-state index contributed by atoms with van der Waals surface area (Å²) in [4.78, 5) is 23.8. The van der Waals surface area contributed by atoms with Crippen molar-refractivity contribution >= 4 is 11.8 Å². The van der Waals surface area contributed by atoms with E-state index >= 15 is 0 Å². The Labute approximate surface area is 168 Å². The summed E-state index contributed by atoms with van der Waals surface area (Å²) in [5.74, 6) is 0.659. The molecule has 2 unspecified atom stereocenters. The molecule has 150 valence electrons. The van der Waals surface area contributed by atoms with Crippen LogP contribution in [0.2, 0.25) is 0 Å². The highest BCUT2D eigenvalue weighted by Crippen LogP contribution is 2.25. The lowest BCUT2D eigenvalue weighted by molar-refractivity contribution is -0.119. The van der Waals surface area contributed by atoms with Crippen molar-refractivity contribution in [2.75, 3.05) is 0 Å². The van der Waals surface area contributed by atoms with Crippen LogP contribution in [0.1, 0.15) is 80.0 Å². The van der Waals surface area contributed by atoms with Gasteiger partial charge in [-0.3, -0.25) is 9.59 Å². The van der Waals surface area contributed by atoms with E-state index in [0.29, 0.717) is 18.0 Å². The van der Waals surface area contributed by atoms with Gasteiger partial charge in [-0.05, 0) is 47.1 Å². The molecule has 0 bridgehead atoms. The maximum Gasteiger partial charge on any atom is 0.251 e. The van der Waals surface area contributed by atoms with Crippen molar-refractivity contribution in [3.8, 4) is 0 Å². The molecule has 0 aliphatic carbocycles. The Balaban J connectivity index is 2.09. The Bertz CT molecular complexity index is 779. The lowest BCUT2D eigenvalue weighted by Crippen LogP contribution is -2.31. The molecule has 2 aromatic carbocycles. The smallest absolute Gasteiger partial charge is 0.251 e. The number of amides is 2. The van der Waals surface area contributed by atoms with Crippen LogP contribution in [0.5, 0.6) is 0 Å². The second kappa shape index (κ2) is 10.1.